The average Bonchev–Trinajstić information content (AvgIpc) is 3.08. The van der Waals surface area contributed by atoms with Gasteiger partial charge in [-0.3, -0.25) is 9.79 Å². The number of amides is 1. The number of carbonyl (C=O) groups is 1. The third-order valence-corrected chi connectivity index (χ3v) is 5.51. The van der Waals surface area contributed by atoms with E-state index in [1.807, 2.05) is 6.92 Å². The van der Waals surface area contributed by atoms with E-state index in [-0.39, 0.29) is 12.5 Å². The minimum Gasteiger partial charge on any atom is -0.489 e. The van der Waals surface area contributed by atoms with Crippen LogP contribution < -0.4 is 15.7 Å². The van der Waals surface area contributed by atoms with E-state index in [9.17, 15) is 9.59 Å². The summed E-state index contributed by atoms with van der Waals surface area (Å²) < 4.78 is 10.7. The SMILES string of the molecule is C=CCOc1cc([C@@H](CCC)NC(=O)[C@@]2(C)CSC(/C(C)=N/O)=N2)oc(=O)c1. The zero-order chi connectivity index (χ0) is 20.7. The van der Waals surface area contributed by atoms with E-state index in [1.54, 1.807) is 26.0 Å². The molecule has 1 aromatic rings. The minimum atomic E-state index is -1.00. The molecule has 0 unspecified atom stereocenters. The number of ether oxygens (including phenoxy) is 1. The molecule has 0 saturated carbocycles. The molecular weight excluding hydrogens is 382 g/mol. The van der Waals surface area contributed by atoms with E-state index in [0.717, 1.165) is 6.42 Å². The first-order valence-electron chi connectivity index (χ1n) is 8.94. The van der Waals surface area contributed by atoms with Crippen molar-refractivity contribution in [3.05, 3.63) is 41.0 Å². The van der Waals surface area contributed by atoms with Gasteiger partial charge in [0.25, 0.3) is 0 Å². The Labute approximate surface area is 167 Å². The Hall–Kier alpha value is -2.55. The van der Waals surface area contributed by atoms with Crippen molar-refractivity contribution in [2.45, 2.75) is 45.2 Å². The molecule has 0 spiro atoms. The number of hydrogen-bond donors (Lipinski definition) is 2. The molecule has 9 heteroatoms. The van der Waals surface area contributed by atoms with Crippen LogP contribution in [0.25, 0.3) is 0 Å². The van der Waals surface area contributed by atoms with Gasteiger partial charge in [-0.05, 0) is 20.3 Å². The lowest BCUT2D eigenvalue weighted by Crippen LogP contribution is -2.45. The predicted molar refractivity (Wildman–Crippen MR) is 110 cm³/mol. The van der Waals surface area contributed by atoms with Crippen LogP contribution in [0.5, 0.6) is 5.75 Å². The summed E-state index contributed by atoms with van der Waals surface area (Å²) in [5, 5.41) is 15.5. The summed E-state index contributed by atoms with van der Waals surface area (Å²) in [5.74, 6) is 0.818. The standard InChI is InChI=1S/C19H25N3O5S/c1-5-7-14(15-9-13(26-8-6-2)10-16(23)27-15)20-18(24)19(4)11-28-17(21-19)12(3)22-25/h6,9-10,14,25H,2,5,7-8,11H2,1,3-4H3,(H,20,24)/b22-12+/t14-,19-/m1/s1. The first kappa shape index (κ1) is 21.7. The van der Waals surface area contributed by atoms with Crippen LogP contribution in [0.3, 0.4) is 0 Å². The van der Waals surface area contributed by atoms with E-state index in [0.29, 0.717) is 34.4 Å². The van der Waals surface area contributed by atoms with Gasteiger partial charge in [0.15, 0.2) is 0 Å². The molecule has 2 heterocycles. The molecular formula is C19H25N3O5S. The number of oxime groups is 1. The third-order valence-electron chi connectivity index (χ3n) is 4.14. The molecule has 1 aromatic heterocycles. The molecule has 1 aliphatic heterocycles. The third kappa shape index (κ3) is 5.25. The second kappa shape index (κ2) is 9.59. The van der Waals surface area contributed by atoms with Gasteiger partial charge in [0.1, 0.15) is 34.4 Å². The lowest BCUT2D eigenvalue weighted by atomic mass is 10.0. The van der Waals surface area contributed by atoms with E-state index >= 15 is 0 Å². The topological polar surface area (TPSA) is 113 Å². The van der Waals surface area contributed by atoms with Gasteiger partial charge < -0.3 is 19.7 Å². The van der Waals surface area contributed by atoms with Crippen molar-refractivity contribution in [3.63, 3.8) is 0 Å². The Morgan fingerprint density at radius 1 is 1.61 bits per heavy atom. The summed E-state index contributed by atoms with van der Waals surface area (Å²) in [5.41, 5.74) is -1.19. The maximum Gasteiger partial charge on any atom is 0.339 e. The highest BCUT2D eigenvalue weighted by molar-refractivity contribution is 8.16. The molecule has 2 N–H and O–H groups in total. The van der Waals surface area contributed by atoms with E-state index in [1.165, 1.54) is 17.8 Å². The van der Waals surface area contributed by atoms with Gasteiger partial charge in [0, 0.05) is 11.8 Å². The summed E-state index contributed by atoms with van der Waals surface area (Å²) in [7, 11) is 0. The minimum absolute atomic E-state index is 0.256. The number of aliphatic imine (C=N–C) groups is 1. The maximum atomic E-state index is 12.9. The fraction of sp³-hybridized carbons (Fsp3) is 0.474. The number of nitrogens with one attached hydrogen (secondary N) is 1. The van der Waals surface area contributed by atoms with Crippen LogP contribution in [0, 0.1) is 0 Å². The van der Waals surface area contributed by atoms with Crippen molar-refractivity contribution < 1.29 is 19.2 Å². The largest absolute Gasteiger partial charge is 0.489 e. The monoisotopic (exact) mass is 407 g/mol. The number of hydrogen-bond acceptors (Lipinski definition) is 8. The normalized spacial score (nSPS) is 20.4. The molecule has 152 valence electrons. The lowest BCUT2D eigenvalue weighted by molar-refractivity contribution is -0.125. The van der Waals surface area contributed by atoms with Gasteiger partial charge in [0.05, 0.1) is 12.1 Å². The Kier molecular flexibility index (Phi) is 7.45. The molecule has 1 amide bonds. The molecule has 0 bridgehead atoms. The van der Waals surface area contributed by atoms with E-state index in [4.69, 9.17) is 14.4 Å². The van der Waals surface area contributed by atoms with Gasteiger partial charge in [-0.1, -0.05) is 31.2 Å². The van der Waals surface area contributed by atoms with Gasteiger partial charge in [-0.25, -0.2) is 4.79 Å². The second-order valence-corrected chi connectivity index (χ2v) is 7.56. The van der Waals surface area contributed by atoms with Crippen molar-refractivity contribution in [3.8, 4) is 5.75 Å². The number of rotatable bonds is 9. The molecule has 0 fully saturated rings. The first-order valence-corrected chi connectivity index (χ1v) is 9.93. The second-order valence-electron chi connectivity index (χ2n) is 6.59. The molecule has 2 atom stereocenters. The lowest BCUT2D eigenvalue weighted by Gasteiger charge is -2.24. The van der Waals surface area contributed by atoms with Gasteiger partial charge in [0.2, 0.25) is 5.91 Å². The smallest absolute Gasteiger partial charge is 0.339 e. The van der Waals surface area contributed by atoms with Gasteiger partial charge in [-0.2, -0.15) is 0 Å². The van der Waals surface area contributed by atoms with Crippen LogP contribution in [-0.4, -0.2) is 39.8 Å². The van der Waals surface area contributed by atoms with Crippen molar-refractivity contribution in [2.75, 3.05) is 12.4 Å². The number of nitrogens with zero attached hydrogens (tertiary/aromatic N) is 2. The number of thioether (sulfide) groups is 1. The van der Waals surface area contributed by atoms with Crippen LogP contribution >= 0.6 is 11.8 Å². The Balaban J connectivity index is 2.24. The van der Waals surface area contributed by atoms with Crippen LogP contribution in [-0.2, 0) is 4.79 Å². The molecule has 0 aromatic carbocycles. The molecule has 8 nitrogen and oxygen atoms in total. The van der Waals surface area contributed by atoms with Gasteiger partial charge in [-0.15, -0.1) is 11.8 Å². The van der Waals surface area contributed by atoms with Crippen molar-refractivity contribution in [1.29, 1.82) is 0 Å². The quantitative estimate of drug-likeness (QED) is 0.282. The summed E-state index contributed by atoms with van der Waals surface area (Å²) >= 11 is 1.36. The average molecular weight is 407 g/mol. The highest BCUT2D eigenvalue weighted by Crippen LogP contribution is 2.30. The number of carbonyl (C=O) groups excluding carboxylic acids is 1. The Bertz CT molecular complexity index is 848. The van der Waals surface area contributed by atoms with Crippen LogP contribution in [0.1, 0.15) is 45.4 Å². The molecule has 28 heavy (non-hydrogen) atoms. The van der Waals surface area contributed by atoms with Crippen molar-refractivity contribution in [1.82, 2.24) is 5.32 Å². The Morgan fingerprint density at radius 3 is 3.00 bits per heavy atom. The molecule has 1 aliphatic rings. The fourth-order valence-corrected chi connectivity index (χ4v) is 3.74. The molecule has 0 saturated heterocycles. The predicted octanol–water partition coefficient (Wildman–Crippen LogP) is 2.92. The van der Waals surface area contributed by atoms with E-state index in [2.05, 4.69) is 22.0 Å². The summed E-state index contributed by atoms with van der Waals surface area (Å²) in [6, 6.07) is 2.36. The zero-order valence-electron chi connectivity index (χ0n) is 16.2. The highest BCUT2D eigenvalue weighted by atomic mass is 32.2. The van der Waals surface area contributed by atoms with Crippen molar-refractivity contribution >= 4 is 28.4 Å². The van der Waals surface area contributed by atoms with Crippen LogP contribution in [0.2, 0.25) is 0 Å². The van der Waals surface area contributed by atoms with Crippen LogP contribution in [0.15, 0.2) is 44.1 Å². The summed E-state index contributed by atoms with van der Waals surface area (Å²) in [6.45, 7) is 9.15. The first-order chi connectivity index (χ1) is 13.3. The Morgan fingerprint density at radius 2 is 2.36 bits per heavy atom. The summed E-state index contributed by atoms with van der Waals surface area (Å²) in [6.07, 6.45) is 2.92. The van der Waals surface area contributed by atoms with Crippen molar-refractivity contribution in [2.24, 2.45) is 10.1 Å². The summed E-state index contributed by atoms with van der Waals surface area (Å²) in [4.78, 5) is 29.2. The molecule has 2 rings (SSSR count). The maximum absolute atomic E-state index is 12.9. The zero-order valence-corrected chi connectivity index (χ0v) is 17.0. The highest BCUT2D eigenvalue weighted by Gasteiger charge is 2.40. The molecule has 0 aliphatic carbocycles. The fourth-order valence-electron chi connectivity index (χ4n) is 2.61. The van der Waals surface area contributed by atoms with Crippen LogP contribution in [0.4, 0.5) is 0 Å². The van der Waals surface area contributed by atoms with E-state index < -0.39 is 17.2 Å². The molecule has 0 radical (unpaired) electrons. The van der Waals surface area contributed by atoms with Gasteiger partial charge >= 0.3 is 5.63 Å².